The number of anilines is 2. The van der Waals surface area contributed by atoms with Crippen LogP contribution in [0.2, 0.25) is 5.02 Å². The van der Waals surface area contributed by atoms with Crippen molar-refractivity contribution < 1.29 is 39.0 Å². The monoisotopic (exact) mass is 609 g/mol. The number of aldehydes is 1. The first-order valence-electron chi connectivity index (χ1n) is 13.1. The molecule has 0 aliphatic carbocycles. The van der Waals surface area contributed by atoms with Crippen LogP contribution < -0.4 is 20.4 Å². The van der Waals surface area contributed by atoms with Gasteiger partial charge in [0, 0.05) is 23.0 Å². The van der Waals surface area contributed by atoms with Gasteiger partial charge in [-0.1, -0.05) is 23.7 Å². The number of rotatable bonds is 9. The molecule has 1 aliphatic rings. The van der Waals surface area contributed by atoms with E-state index in [9.17, 15) is 39.0 Å². The Bertz CT molecular complexity index is 1640. The van der Waals surface area contributed by atoms with E-state index in [1.165, 1.54) is 25.1 Å². The van der Waals surface area contributed by atoms with Crippen molar-refractivity contribution in [2.75, 3.05) is 29.5 Å². The summed E-state index contributed by atoms with van der Waals surface area (Å²) in [5, 5.41) is 26.0. The van der Waals surface area contributed by atoms with E-state index in [-0.39, 0.29) is 34.5 Å². The van der Waals surface area contributed by atoms with E-state index >= 15 is 0 Å². The van der Waals surface area contributed by atoms with Gasteiger partial charge in [0.2, 0.25) is 5.91 Å². The second-order valence-corrected chi connectivity index (χ2v) is 10.4. The van der Waals surface area contributed by atoms with Gasteiger partial charge in [-0.3, -0.25) is 33.9 Å². The van der Waals surface area contributed by atoms with E-state index in [2.05, 4.69) is 15.6 Å². The molecule has 2 heterocycles. The summed E-state index contributed by atoms with van der Waals surface area (Å²) >= 11 is 6.13. The van der Waals surface area contributed by atoms with Crippen LogP contribution in [0.5, 0.6) is 5.75 Å². The number of aryl methyl sites for hydroxylation is 1. The smallest absolute Gasteiger partial charge is 0.257 e. The summed E-state index contributed by atoms with van der Waals surface area (Å²) in [7, 11) is 0. The number of amides is 4. The Morgan fingerprint density at radius 3 is 2.53 bits per heavy atom. The molecule has 0 unspecified atom stereocenters. The quantitative estimate of drug-likeness (QED) is 0.257. The summed E-state index contributed by atoms with van der Waals surface area (Å²) in [5.41, 5.74) is 1.10. The summed E-state index contributed by atoms with van der Waals surface area (Å²) in [6, 6.07) is 6.63. The highest BCUT2D eigenvalue weighted by atomic mass is 35.5. The number of hydrogen-bond acceptors (Lipinski definition) is 9. The first kappa shape index (κ1) is 31.1. The number of nitrogens with zero attached hydrogens (tertiary/aromatic N) is 3. The lowest BCUT2D eigenvalue weighted by Gasteiger charge is -2.25. The van der Waals surface area contributed by atoms with Gasteiger partial charge in [-0.25, -0.2) is 0 Å². The van der Waals surface area contributed by atoms with Gasteiger partial charge in [0.1, 0.15) is 42.6 Å². The Labute approximate surface area is 250 Å². The minimum atomic E-state index is -1.46. The van der Waals surface area contributed by atoms with Crippen LogP contribution in [0.3, 0.4) is 0 Å². The van der Waals surface area contributed by atoms with E-state index in [1.807, 2.05) is 0 Å². The molecular weight excluding hydrogens is 582 g/mol. The predicted molar refractivity (Wildman–Crippen MR) is 156 cm³/mol. The standard InChI is InChI=1S/C29H28ClN5O8/c1-15-7-17(30)9-19-26(15)31-10-20(27(19)41)28(42)33-21-11-34(25(40)14-37)22-5-3-4-6-23(22)35(29(21)43)12-24(39)32-18(13-36)8-16(2)38/h3-7,9-10,13,18,21,37H,8,11-12,14H2,1-2H3,(H,31,41)(H,32,39)(H,33,42)/t18-,21-/m0/s1. The molecule has 224 valence electrons. The second-order valence-electron chi connectivity index (χ2n) is 9.96. The fraction of sp³-hybridized carbons (Fsp3) is 0.276. The normalized spacial score (nSPS) is 15.3. The van der Waals surface area contributed by atoms with Crippen LogP contribution in [0.1, 0.15) is 29.3 Å². The second kappa shape index (κ2) is 13.0. The third kappa shape index (κ3) is 6.63. The Hall–Kier alpha value is -4.88. The summed E-state index contributed by atoms with van der Waals surface area (Å²) < 4.78 is 0. The number of para-hydroxylation sites is 2. The van der Waals surface area contributed by atoms with E-state index in [0.29, 0.717) is 22.4 Å². The van der Waals surface area contributed by atoms with Gasteiger partial charge in [0.25, 0.3) is 17.7 Å². The molecule has 0 radical (unpaired) electrons. The van der Waals surface area contributed by atoms with Crippen molar-refractivity contribution in [1.29, 1.82) is 0 Å². The summed E-state index contributed by atoms with van der Waals surface area (Å²) in [4.78, 5) is 82.3. The highest BCUT2D eigenvalue weighted by molar-refractivity contribution is 6.31. The SMILES string of the molecule is CC(=O)C[C@@H](C=O)NC(=O)CN1C(=O)[C@@H](NC(=O)c2cnc3c(C)cc(Cl)cc3c2O)CN(C(=O)CO)c2ccccc21. The minimum Gasteiger partial charge on any atom is -0.506 e. The molecule has 0 bridgehead atoms. The molecule has 0 fully saturated rings. The zero-order valence-corrected chi connectivity index (χ0v) is 23.9. The largest absolute Gasteiger partial charge is 0.506 e. The number of carbonyl (C=O) groups is 6. The Morgan fingerprint density at radius 1 is 1.19 bits per heavy atom. The number of aromatic hydroxyl groups is 1. The molecule has 0 saturated heterocycles. The van der Waals surface area contributed by atoms with Crippen LogP contribution in [-0.2, 0) is 24.0 Å². The topological polar surface area (TPSA) is 186 Å². The van der Waals surface area contributed by atoms with Crippen LogP contribution in [0.15, 0.2) is 42.6 Å². The number of fused-ring (bicyclic) bond motifs is 2. The number of aromatic nitrogens is 1. The van der Waals surface area contributed by atoms with Crippen molar-refractivity contribution in [3.63, 3.8) is 0 Å². The summed E-state index contributed by atoms with van der Waals surface area (Å²) in [5.74, 6) is -4.03. The lowest BCUT2D eigenvalue weighted by molar-refractivity contribution is -0.127. The molecule has 14 heteroatoms. The number of pyridine rings is 1. The summed E-state index contributed by atoms with van der Waals surface area (Å²) in [6.07, 6.45) is 1.30. The molecule has 13 nitrogen and oxygen atoms in total. The van der Waals surface area contributed by atoms with Crippen LogP contribution in [0, 0.1) is 6.92 Å². The number of benzene rings is 2. The van der Waals surface area contributed by atoms with Gasteiger partial charge in [0.05, 0.1) is 29.5 Å². The molecule has 4 N–H and O–H groups in total. The van der Waals surface area contributed by atoms with Crippen molar-refractivity contribution in [1.82, 2.24) is 15.6 Å². The predicted octanol–water partition coefficient (Wildman–Crippen LogP) is 1.04. The zero-order chi connectivity index (χ0) is 31.4. The van der Waals surface area contributed by atoms with Crippen LogP contribution in [0.25, 0.3) is 10.9 Å². The van der Waals surface area contributed by atoms with Gasteiger partial charge < -0.3 is 30.5 Å². The number of halogens is 1. The van der Waals surface area contributed by atoms with E-state index in [1.54, 1.807) is 25.1 Å². The first-order valence-corrected chi connectivity index (χ1v) is 13.5. The minimum absolute atomic E-state index is 0.121. The van der Waals surface area contributed by atoms with Gasteiger partial charge >= 0.3 is 0 Å². The fourth-order valence-corrected chi connectivity index (χ4v) is 5.12. The van der Waals surface area contributed by atoms with Crippen molar-refractivity contribution in [2.24, 2.45) is 0 Å². The van der Waals surface area contributed by atoms with Crippen LogP contribution in [-0.4, -0.2) is 82.7 Å². The van der Waals surface area contributed by atoms with Crippen molar-refractivity contribution >= 4 is 69.6 Å². The van der Waals surface area contributed by atoms with Crippen molar-refractivity contribution in [2.45, 2.75) is 32.4 Å². The third-order valence-corrected chi connectivity index (χ3v) is 7.02. The molecular formula is C29H28ClN5O8. The van der Waals surface area contributed by atoms with E-state index in [0.717, 1.165) is 16.0 Å². The molecule has 1 aromatic heterocycles. The van der Waals surface area contributed by atoms with E-state index < -0.39 is 61.2 Å². The van der Waals surface area contributed by atoms with E-state index in [4.69, 9.17) is 11.6 Å². The molecule has 4 amide bonds. The lowest BCUT2D eigenvalue weighted by atomic mass is 10.1. The molecule has 43 heavy (non-hydrogen) atoms. The highest BCUT2D eigenvalue weighted by Crippen LogP contribution is 2.34. The van der Waals surface area contributed by atoms with Crippen LogP contribution in [0.4, 0.5) is 11.4 Å². The maximum Gasteiger partial charge on any atom is 0.257 e. The van der Waals surface area contributed by atoms with Crippen molar-refractivity contribution in [3.05, 3.63) is 58.7 Å². The Kier molecular flexibility index (Phi) is 9.37. The number of ketones is 1. The van der Waals surface area contributed by atoms with Crippen molar-refractivity contribution in [3.8, 4) is 5.75 Å². The third-order valence-electron chi connectivity index (χ3n) is 6.80. The number of carbonyl (C=O) groups excluding carboxylic acids is 6. The average Bonchev–Trinajstić information content (AvgIpc) is 3.07. The van der Waals surface area contributed by atoms with Gasteiger partial charge in [0.15, 0.2) is 0 Å². The summed E-state index contributed by atoms with van der Waals surface area (Å²) in [6.45, 7) is 1.03. The average molecular weight is 610 g/mol. The molecule has 0 saturated carbocycles. The zero-order valence-electron chi connectivity index (χ0n) is 23.2. The molecule has 4 rings (SSSR count). The molecule has 1 aliphatic heterocycles. The fourth-order valence-electron chi connectivity index (χ4n) is 4.84. The van der Waals surface area contributed by atoms with Crippen LogP contribution >= 0.6 is 11.6 Å². The molecule has 2 atom stereocenters. The maximum atomic E-state index is 13.9. The lowest BCUT2D eigenvalue weighted by Crippen LogP contribution is -2.55. The van der Waals surface area contributed by atoms with Gasteiger partial charge in [-0.15, -0.1) is 0 Å². The van der Waals surface area contributed by atoms with Gasteiger partial charge in [-0.05, 0) is 43.7 Å². The molecule has 2 aromatic carbocycles. The maximum absolute atomic E-state index is 13.9. The molecule has 3 aromatic rings. The first-order chi connectivity index (χ1) is 20.4. The number of hydrogen-bond donors (Lipinski definition) is 4. The number of aliphatic hydroxyl groups excluding tert-OH is 1. The number of nitrogens with one attached hydrogen (secondary N) is 2. The van der Waals surface area contributed by atoms with Gasteiger partial charge in [-0.2, -0.15) is 0 Å². The highest BCUT2D eigenvalue weighted by Gasteiger charge is 2.38. The molecule has 0 spiro atoms. The Balaban J connectivity index is 1.71. The Morgan fingerprint density at radius 2 is 1.88 bits per heavy atom. The number of aliphatic hydroxyl groups is 1. The number of Topliss-reactive ketones (excluding diaryl/α,β-unsaturated/α-hetero) is 1.